The number of benzene rings is 1. The Balaban J connectivity index is 1.95. The van der Waals surface area contributed by atoms with E-state index in [-0.39, 0.29) is 5.97 Å². The Morgan fingerprint density at radius 2 is 2.04 bits per heavy atom. The minimum atomic E-state index is -0.199. The van der Waals surface area contributed by atoms with Gasteiger partial charge in [0.2, 0.25) is 0 Å². The molecule has 0 bridgehead atoms. The number of ether oxygens (including phenoxy) is 1. The molecule has 23 heavy (non-hydrogen) atoms. The van der Waals surface area contributed by atoms with Gasteiger partial charge in [0.05, 0.1) is 12.2 Å². The predicted octanol–water partition coefficient (Wildman–Crippen LogP) is 4.73. The monoisotopic (exact) mass is 315 g/mol. The third kappa shape index (κ3) is 3.70. The Hall–Kier alpha value is -1.51. The fourth-order valence-electron chi connectivity index (χ4n) is 3.96. The van der Waals surface area contributed by atoms with Crippen LogP contribution in [0.5, 0.6) is 0 Å². The first-order valence-electron chi connectivity index (χ1n) is 9.08. The number of nitrogens with one attached hydrogen (secondary N) is 1. The summed E-state index contributed by atoms with van der Waals surface area (Å²) in [6.45, 7) is 6.97. The first-order chi connectivity index (χ1) is 11.0. The van der Waals surface area contributed by atoms with Crippen LogP contribution in [0.15, 0.2) is 12.1 Å². The number of esters is 1. The molecule has 0 spiro atoms. The van der Waals surface area contributed by atoms with Gasteiger partial charge in [0.15, 0.2) is 0 Å². The molecule has 3 heteroatoms. The third-order valence-electron chi connectivity index (χ3n) is 5.29. The molecule has 1 N–H and O–H groups in total. The van der Waals surface area contributed by atoms with E-state index in [1.807, 2.05) is 13.0 Å². The molecular weight excluding hydrogens is 286 g/mol. The number of carbonyl (C=O) groups is 1. The summed E-state index contributed by atoms with van der Waals surface area (Å²) in [6, 6.07) is 4.64. The topological polar surface area (TPSA) is 38.3 Å². The molecular formula is C20H29NO2. The van der Waals surface area contributed by atoms with E-state index >= 15 is 0 Å². The van der Waals surface area contributed by atoms with Crippen molar-refractivity contribution in [2.45, 2.75) is 71.8 Å². The number of fused-ring (bicyclic) bond motifs is 1. The van der Waals surface area contributed by atoms with Gasteiger partial charge in [-0.2, -0.15) is 0 Å². The summed E-state index contributed by atoms with van der Waals surface area (Å²) in [5.41, 5.74) is 4.96. The highest BCUT2D eigenvalue weighted by Gasteiger charge is 2.29. The predicted molar refractivity (Wildman–Crippen MR) is 94.1 cm³/mol. The Kier molecular flexibility index (Phi) is 4.65. The van der Waals surface area contributed by atoms with Crippen molar-refractivity contribution in [1.29, 1.82) is 0 Å². The molecule has 2 aliphatic carbocycles. The van der Waals surface area contributed by atoms with Crippen LogP contribution in [0.4, 0.5) is 5.69 Å². The smallest absolute Gasteiger partial charge is 0.338 e. The number of hydrogen-bond acceptors (Lipinski definition) is 3. The first-order valence-corrected chi connectivity index (χ1v) is 9.08. The molecule has 1 aromatic carbocycles. The van der Waals surface area contributed by atoms with Crippen LogP contribution in [0.2, 0.25) is 0 Å². The zero-order valence-electron chi connectivity index (χ0n) is 14.7. The Labute approximate surface area is 139 Å². The molecule has 1 fully saturated rings. The molecule has 126 valence electrons. The zero-order chi connectivity index (χ0) is 16.4. The minimum Gasteiger partial charge on any atom is -0.462 e. The molecule has 3 nitrogen and oxygen atoms in total. The van der Waals surface area contributed by atoms with Crippen molar-refractivity contribution in [3.63, 3.8) is 0 Å². The molecule has 2 aliphatic rings. The normalized spacial score (nSPS) is 20.1. The van der Waals surface area contributed by atoms with E-state index in [9.17, 15) is 4.79 Å². The van der Waals surface area contributed by atoms with E-state index in [2.05, 4.69) is 25.2 Å². The van der Waals surface area contributed by atoms with Crippen molar-refractivity contribution < 1.29 is 9.53 Å². The molecule has 0 atom stereocenters. The van der Waals surface area contributed by atoms with Crippen molar-refractivity contribution in [2.24, 2.45) is 5.41 Å². The van der Waals surface area contributed by atoms with Crippen molar-refractivity contribution in [3.05, 3.63) is 28.8 Å². The van der Waals surface area contributed by atoms with Crippen LogP contribution in [-0.2, 0) is 17.6 Å². The summed E-state index contributed by atoms with van der Waals surface area (Å²) < 4.78 is 5.22. The quantitative estimate of drug-likeness (QED) is 0.816. The van der Waals surface area contributed by atoms with Gasteiger partial charge in [-0.05, 0) is 67.7 Å². The van der Waals surface area contributed by atoms with E-state index in [1.165, 1.54) is 48.9 Å². The fourth-order valence-corrected chi connectivity index (χ4v) is 3.96. The summed E-state index contributed by atoms with van der Waals surface area (Å²) in [5, 5.41) is 3.74. The second-order valence-corrected chi connectivity index (χ2v) is 7.85. The average Bonchev–Trinajstić information content (AvgIpc) is 3.00. The number of rotatable bonds is 4. The highest BCUT2D eigenvalue weighted by molar-refractivity contribution is 5.91. The highest BCUT2D eigenvalue weighted by atomic mass is 16.5. The van der Waals surface area contributed by atoms with Crippen LogP contribution in [0, 0.1) is 5.41 Å². The molecule has 1 aromatic rings. The van der Waals surface area contributed by atoms with E-state index in [1.54, 1.807) is 0 Å². The first kappa shape index (κ1) is 16.4. The van der Waals surface area contributed by atoms with Gasteiger partial charge in [-0.3, -0.25) is 0 Å². The lowest BCUT2D eigenvalue weighted by Gasteiger charge is -2.33. The molecule has 3 rings (SSSR count). The summed E-state index contributed by atoms with van der Waals surface area (Å²) in [7, 11) is 0. The van der Waals surface area contributed by atoms with Crippen molar-refractivity contribution in [2.75, 3.05) is 11.9 Å². The van der Waals surface area contributed by atoms with E-state index in [0.29, 0.717) is 23.6 Å². The number of hydrogen-bond donors (Lipinski definition) is 1. The lowest BCUT2D eigenvalue weighted by molar-refractivity contribution is 0.0526. The van der Waals surface area contributed by atoms with E-state index < -0.39 is 0 Å². The van der Waals surface area contributed by atoms with Crippen LogP contribution in [0.3, 0.4) is 0 Å². The lowest BCUT2D eigenvalue weighted by Crippen LogP contribution is -2.25. The molecule has 0 unspecified atom stereocenters. The van der Waals surface area contributed by atoms with Crippen LogP contribution in [0.1, 0.15) is 74.4 Å². The van der Waals surface area contributed by atoms with Crippen LogP contribution in [0.25, 0.3) is 0 Å². The number of carbonyl (C=O) groups excluding carboxylic acids is 1. The highest BCUT2D eigenvalue weighted by Crippen LogP contribution is 2.39. The summed E-state index contributed by atoms with van der Waals surface area (Å²) >= 11 is 0. The van der Waals surface area contributed by atoms with Gasteiger partial charge in [-0.15, -0.1) is 0 Å². The lowest BCUT2D eigenvalue weighted by atomic mass is 9.73. The van der Waals surface area contributed by atoms with E-state index in [0.717, 1.165) is 12.8 Å². The van der Waals surface area contributed by atoms with Crippen LogP contribution < -0.4 is 5.32 Å². The maximum Gasteiger partial charge on any atom is 0.338 e. The summed E-state index contributed by atoms with van der Waals surface area (Å²) in [6.07, 6.45) is 8.40. The van der Waals surface area contributed by atoms with Crippen molar-refractivity contribution in [1.82, 2.24) is 0 Å². The van der Waals surface area contributed by atoms with Crippen LogP contribution in [-0.4, -0.2) is 18.6 Å². The largest absolute Gasteiger partial charge is 0.462 e. The maximum absolute atomic E-state index is 12.2. The molecule has 0 heterocycles. The van der Waals surface area contributed by atoms with Gasteiger partial charge in [0.1, 0.15) is 0 Å². The maximum atomic E-state index is 12.2. The van der Waals surface area contributed by atoms with Crippen molar-refractivity contribution in [3.8, 4) is 0 Å². The van der Waals surface area contributed by atoms with Gasteiger partial charge in [-0.25, -0.2) is 4.79 Å². The fraction of sp³-hybridized carbons (Fsp3) is 0.650. The second-order valence-electron chi connectivity index (χ2n) is 7.85. The number of anilines is 1. The molecule has 0 radical (unpaired) electrons. The van der Waals surface area contributed by atoms with Gasteiger partial charge in [0.25, 0.3) is 0 Å². The van der Waals surface area contributed by atoms with Gasteiger partial charge < -0.3 is 10.1 Å². The Bertz CT molecular complexity index is 586. The Morgan fingerprint density at radius 1 is 1.30 bits per heavy atom. The molecule has 0 saturated heterocycles. The summed E-state index contributed by atoms with van der Waals surface area (Å²) in [4.78, 5) is 12.2. The molecule has 0 aromatic heterocycles. The third-order valence-corrected chi connectivity index (χ3v) is 5.29. The standard InChI is InChI=1S/C20H29NO2/c1-4-23-19(22)15-11-14-9-10-20(2,3)13-17(14)18(12-15)21-16-7-5-6-8-16/h11-12,16,21H,4-10,13H2,1-3H3. The van der Waals surface area contributed by atoms with Gasteiger partial charge >= 0.3 is 5.97 Å². The molecule has 0 amide bonds. The second kappa shape index (κ2) is 6.54. The molecule has 1 saturated carbocycles. The van der Waals surface area contributed by atoms with E-state index in [4.69, 9.17) is 4.74 Å². The Morgan fingerprint density at radius 3 is 2.74 bits per heavy atom. The minimum absolute atomic E-state index is 0.199. The average molecular weight is 315 g/mol. The van der Waals surface area contributed by atoms with Gasteiger partial charge in [-0.1, -0.05) is 26.7 Å². The number of aryl methyl sites for hydroxylation is 1. The zero-order valence-corrected chi connectivity index (χ0v) is 14.7. The van der Waals surface area contributed by atoms with Crippen LogP contribution >= 0.6 is 0 Å². The molecule has 0 aliphatic heterocycles. The summed E-state index contributed by atoms with van der Waals surface area (Å²) in [5.74, 6) is -0.199. The SMILES string of the molecule is CCOC(=O)c1cc2c(c(NC3CCCC3)c1)CC(C)(C)CC2. The van der Waals surface area contributed by atoms with Crippen molar-refractivity contribution >= 4 is 11.7 Å². The van der Waals surface area contributed by atoms with Gasteiger partial charge in [0, 0.05) is 11.7 Å².